The van der Waals surface area contributed by atoms with Crippen LogP contribution in [0.5, 0.6) is 0 Å². The maximum atomic E-state index is 8.91. The summed E-state index contributed by atoms with van der Waals surface area (Å²) in [5.74, 6) is 2.35. The van der Waals surface area contributed by atoms with Gasteiger partial charge in [0.1, 0.15) is 16.9 Å². The SMILES string of the molecule is CC1CCC(CCNc2nccc(C#N)c2Cl)CC1. The molecule has 102 valence electrons. The number of hydrogen-bond donors (Lipinski definition) is 1. The van der Waals surface area contributed by atoms with Gasteiger partial charge in [0.2, 0.25) is 0 Å². The number of hydrogen-bond acceptors (Lipinski definition) is 3. The van der Waals surface area contributed by atoms with Crippen LogP contribution in [0.25, 0.3) is 0 Å². The smallest absolute Gasteiger partial charge is 0.146 e. The fraction of sp³-hybridized carbons (Fsp3) is 0.600. The molecular weight excluding hydrogens is 258 g/mol. The molecule has 1 aromatic rings. The monoisotopic (exact) mass is 277 g/mol. The second-order valence-electron chi connectivity index (χ2n) is 5.47. The molecule has 0 spiro atoms. The van der Waals surface area contributed by atoms with Gasteiger partial charge in [-0.05, 0) is 24.3 Å². The number of aromatic nitrogens is 1. The third kappa shape index (κ3) is 3.84. The summed E-state index contributed by atoms with van der Waals surface area (Å²) in [6, 6.07) is 3.70. The van der Waals surface area contributed by atoms with Gasteiger partial charge in [0.25, 0.3) is 0 Å². The normalized spacial score (nSPS) is 22.8. The number of rotatable bonds is 4. The third-order valence-corrected chi connectivity index (χ3v) is 4.37. The molecule has 0 unspecified atom stereocenters. The maximum absolute atomic E-state index is 8.91. The van der Waals surface area contributed by atoms with Crippen molar-refractivity contribution in [2.24, 2.45) is 11.8 Å². The number of halogens is 1. The van der Waals surface area contributed by atoms with Crippen molar-refractivity contribution in [2.75, 3.05) is 11.9 Å². The Morgan fingerprint density at radius 1 is 1.42 bits per heavy atom. The second kappa shape index (κ2) is 6.77. The first-order valence-corrected chi connectivity index (χ1v) is 7.37. The van der Waals surface area contributed by atoms with Gasteiger partial charge in [-0.3, -0.25) is 0 Å². The van der Waals surface area contributed by atoms with Crippen LogP contribution in [0.15, 0.2) is 12.3 Å². The second-order valence-corrected chi connectivity index (χ2v) is 5.85. The van der Waals surface area contributed by atoms with Crippen molar-refractivity contribution in [2.45, 2.75) is 39.0 Å². The van der Waals surface area contributed by atoms with E-state index < -0.39 is 0 Å². The number of nitriles is 1. The number of pyridine rings is 1. The van der Waals surface area contributed by atoms with Gasteiger partial charge >= 0.3 is 0 Å². The summed E-state index contributed by atoms with van der Waals surface area (Å²) in [5, 5.41) is 12.6. The minimum absolute atomic E-state index is 0.433. The molecule has 0 atom stereocenters. The summed E-state index contributed by atoms with van der Waals surface area (Å²) < 4.78 is 0. The van der Waals surface area contributed by atoms with Crippen LogP contribution >= 0.6 is 11.6 Å². The predicted octanol–water partition coefficient (Wildman–Crippen LogP) is 4.23. The van der Waals surface area contributed by atoms with Crippen LogP contribution in [-0.2, 0) is 0 Å². The lowest BCUT2D eigenvalue weighted by Gasteiger charge is -2.26. The maximum Gasteiger partial charge on any atom is 0.146 e. The van der Waals surface area contributed by atoms with Crippen LogP contribution in [-0.4, -0.2) is 11.5 Å². The van der Waals surface area contributed by atoms with Crippen LogP contribution in [0.3, 0.4) is 0 Å². The predicted molar refractivity (Wildman–Crippen MR) is 78.2 cm³/mol. The zero-order chi connectivity index (χ0) is 13.7. The van der Waals surface area contributed by atoms with E-state index in [0.29, 0.717) is 16.4 Å². The number of nitrogens with one attached hydrogen (secondary N) is 1. The summed E-state index contributed by atoms with van der Waals surface area (Å²) >= 11 is 6.10. The molecule has 0 aromatic carbocycles. The lowest BCUT2D eigenvalue weighted by atomic mass is 9.81. The van der Waals surface area contributed by atoms with Crippen molar-refractivity contribution < 1.29 is 0 Å². The number of nitrogens with zero attached hydrogens (tertiary/aromatic N) is 2. The Labute approximate surface area is 120 Å². The van der Waals surface area contributed by atoms with Crippen LogP contribution in [0.4, 0.5) is 5.82 Å². The Hall–Kier alpha value is -1.27. The molecule has 0 bridgehead atoms. The van der Waals surface area contributed by atoms with E-state index >= 15 is 0 Å². The molecule has 3 nitrogen and oxygen atoms in total. The van der Waals surface area contributed by atoms with Crippen LogP contribution in [0.1, 0.15) is 44.6 Å². The molecule has 1 saturated carbocycles. The van der Waals surface area contributed by atoms with Crippen molar-refractivity contribution in [3.8, 4) is 6.07 Å². The van der Waals surface area contributed by atoms with Gasteiger partial charge in [0.15, 0.2) is 0 Å². The molecule has 1 aromatic heterocycles. The summed E-state index contributed by atoms with van der Waals surface area (Å²) in [6.45, 7) is 3.21. The molecule has 1 aliphatic carbocycles. The first kappa shape index (κ1) is 14.1. The highest BCUT2D eigenvalue weighted by molar-refractivity contribution is 6.34. The zero-order valence-electron chi connectivity index (χ0n) is 11.3. The van der Waals surface area contributed by atoms with Gasteiger partial charge in [-0.2, -0.15) is 5.26 Å². The highest BCUT2D eigenvalue weighted by Gasteiger charge is 2.17. The molecule has 1 N–H and O–H groups in total. The standard InChI is InChI=1S/C15H20ClN3/c1-11-2-4-12(5-3-11)6-8-18-15-14(16)13(10-17)7-9-19-15/h7,9,11-12H,2-6,8H2,1H3,(H,18,19). The van der Waals surface area contributed by atoms with Crippen LogP contribution in [0.2, 0.25) is 5.02 Å². The van der Waals surface area contributed by atoms with Crippen molar-refractivity contribution in [1.29, 1.82) is 5.26 Å². The van der Waals surface area contributed by atoms with Crippen molar-refractivity contribution in [3.05, 3.63) is 22.8 Å². The Kier molecular flexibility index (Phi) is 5.04. The van der Waals surface area contributed by atoms with Gasteiger partial charge in [-0.15, -0.1) is 0 Å². The van der Waals surface area contributed by atoms with Gasteiger partial charge < -0.3 is 5.32 Å². The van der Waals surface area contributed by atoms with E-state index in [1.54, 1.807) is 12.3 Å². The van der Waals surface area contributed by atoms with E-state index in [1.807, 2.05) is 0 Å². The fourth-order valence-electron chi connectivity index (χ4n) is 2.67. The average Bonchev–Trinajstić information content (AvgIpc) is 2.43. The van der Waals surface area contributed by atoms with E-state index in [-0.39, 0.29) is 0 Å². The largest absolute Gasteiger partial charge is 0.369 e. The average molecular weight is 278 g/mol. The van der Waals surface area contributed by atoms with Gasteiger partial charge in [0.05, 0.1) is 5.56 Å². The van der Waals surface area contributed by atoms with Gasteiger partial charge in [-0.1, -0.05) is 44.2 Å². The Morgan fingerprint density at radius 3 is 2.84 bits per heavy atom. The van der Waals surface area contributed by atoms with E-state index in [9.17, 15) is 0 Å². The summed E-state index contributed by atoms with van der Waals surface area (Å²) in [4.78, 5) is 4.19. The molecule has 0 aliphatic heterocycles. The molecule has 0 amide bonds. The number of anilines is 1. The van der Waals surface area contributed by atoms with Gasteiger partial charge in [0, 0.05) is 12.7 Å². The van der Waals surface area contributed by atoms with Gasteiger partial charge in [-0.25, -0.2) is 4.98 Å². The Morgan fingerprint density at radius 2 is 2.16 bits per heavy atom. The first-order chi connectivity index (χ1) is 9.20. The van der Waals surface area contributed by atoms with E-state index in [1.165, 1.54) is 25.7 Å². The molecule has 4 heteroatoms. The molecular formula is C15H20ClN3. The van der Waals surface area contributed by atoms with E-state index in [2.05, 4.69) is 23.3 Å². The zero-order valence-corrected chi connectivity index (χ0v) is 12.1. The highest BCUT2D eigenvalue weighted by Crippen LogP contribution is 2.30. The molecule has 2 rings (SSSR count). The first-order valence-electron chi connectivity index (χ1n) is 6.99. The highest BCUT2D eigenvalue weighted by atomic mass is 35.5. The molecule has 0 radical (unpaired) electrons. The summed E-state index contributed by atoms with van der Waals surface area (Å²) in [5.41, 5.74) is 0.477. The Balaban J connectivity index is 1.81. The lowest BCUT2D eigenvalue weighted by molar-refractivity contribution is 0.282. The van der Waals surface area contributed by atoms with E-state index in [0.717, 1.165) is 24.8 Å². The molecule has 19 heavy (non-hydrogen) atoms. The topological polar surface area (TPSA) is 48.7 Å². The molecule has 0 saturated heterocycles. The van der Waals surface area contributed by atoms with E-state index in [4.69, 9.17) is 16.9 Å². The third-order valence-electron chi connectivity index (χ3n) is 3.99. The fourth-order valence-corrected chi connectivity index (χ4v) is 2.89. The molecule has 1 fully saturated rings. The van der Waals surface area contributed by atoms with Crippen molar-refractivity contribution in [1.82, 2.24) is 4.98 Å². The summed E-state index contributed by atoms with van der Waals surface area (Å²) in [6.07, 6.45) is 8.15. The minimum atomic E-state index is 0.433. The molecule has 1 heterocycles. The Bertz CT molecular complexity index is 459. The van der Waals surface area contributed by atoms with Crippen LogP contribution in [0, 0.1) is 23.2 Å². The van der Waals surface area contributed by atoms with Crippen LogP contribution < -0.4 is 5.32 Å². The minimum Gasteiger partial charge on any atom is -0.369 e. The summed E-state index contributed by atoms with van der Waals surface area (Å²) in [7, 11) is 0. The quantitative estimate of drug-likeness (QED) is 0.896. The molecule has 1 aliphatic rings. The lowest BCUT2D eigenvalue weighted by Crippen LogP contribution is -2.16. The van der Waals surface area contributed by atoms with Crippen molar-refractivity contribution in [3.63, 3.8) is 0 Å². The van der Waals surface area contributed by atoms with Crippen molar-refractivity contribution >= 4 is 17.4 Å².